The van der Waals surface area contributed by atoms with Crippen molar-refractivity contribution in [3.63, 3.8) is 0 Å². The number of rotatable bonds is 5. The molecule has 2 aromatic heterocycles. The first-order valence-electron chi connectivity index (χ1n) is 10.1. The van der Waals surface area contributed by atoms with Crippen LogP contribution in [0.1, 0.15) is 42.3 Å². The Morgan fingerprint density at radius 2 is 2.00 bits per heavy atom. The smallest absolute Gasteiger partial charge is 0.417 e. The van der Waals surface area contributed by atoms with Crippen LogP contribution < -0.4 is 0 Å². The average Bonchev–Trinajstić information content (AvgIpc) is 3.01. The number of likely N-dealkylation sites (tertiary alicyclic amines) is 1. The van der Waals surface area contributed by atoms with Crippen molar-refractivity contribution < 1.29 is 27.5 Å². The van der Waals surface area contributed by atoms with Crippen molar-refractivity contribution in [1.29, 1.82) is 0 Å². The highest BCUT2D eigenvalue weighted by Crippen LogP contribution is 2.29. The Morgan fingerprint density at radius 1 is 1.26 bits per heavy atom. The zero-order chi connectivity index (χ0) is 22.8. The Hall–Kier alpha value is -2.91. The largest absolute Gasteiger partial charge is 0.466 e. The van der Waals surface area contributed by atoms with E-state index in [0.717, 1.165) is 18.7 Å². The van der Waals surface area contributed by atoms with Gasteiger partial charge in [0.2, 0.25) is 5.91 Å². The molecule has 1 amide bonds. The lowest BCUT2D eigenvalue weighted by atomic mass is 9.97. The molecule has 168 valence electrons. The average molecular weight is 438 g/mol. The maximum atomic E-state index is 12.9. The summed E-state index contributed by atoms with van der Waals surface area (Å²) in [5, 5.41) is 4.37. The van der Waals surface area contributed by atoms with Crippen LogP contribution in [0, 0.1) is 19.8 Å². The van der Waals surface area contributed by atoms with Crippen molar-refractivity contribution in [2.45, 2.75) is 46.2 Å². The second-order valence-electron chi connectivity index (χ2n) is 7.57. The first-order chi connectivity index (χ1) is 14.6. The van der Waals surface area contributed by atoms with Crippen molar-refractivity contribution in [3.05, 3.63) is 40.8 Å². The third-order valence-corrected chi connectivity index (χ3v) is 5.46. The third kappa shape index (κ3) is 5.05. The summed E-state index contributed by atoms with van der Waals surface area (Å²) in [6, 6.07) is 2.20. The Kier molecular flexibility index (Phi) is 6.66. The van der Waals surface area contributed by atoms with Crippen molar-refractivity contribution in [2.24, 2.45) is 5.92 Å². The number of amides is 1. The molecular formula is C21H25F3N4O3. The number of pyridine rings is 1. The number of ether oxygens (including phenoxy) is 1. The van der Waals surface area contributed by atoms with Gasteiger partial charge in [0.05, 0.1) is 30.2 Å². The minimum atomic E-state index is -4.46. The van der Waals surface area contributed by atoms with Crippen LogP contribution in [0.3, 0.4) is 0 Å². The van der Waals surface area contributed by atoms with E-state index < -0.39 is 11.7 Å². The zero-order valence-electron chi connectivity index (χ0n) is 17.7. The van der Waals surface area contributed by atoms with Gasteiger partial charge in [-0.15, -0.1) is 0 Å². The van der Waals surface area contributed by atoms with Crippen molar-refractivity contribution in [1.82, 2.24) is 19.7 Å². The summed E-state index contributed by atoms with van der Waals surface area (Å²) in [4.78, 5) is 30.5. The van der Waals surface area contributed by atoms with E-state index in [-0.39, 0.29) is 30.0 Å². The molecule has 0 unspecified atom stereocenters. The first-order valence-corrected chi connectivity index (χ1v) is 10.1. The van der Waals surface area contributed by atoms with Gasteiger partial charge in [0.25, 0.3) is 0 Å². The number of esters is 1. The van der Waals surface area contributed by atoms with Crippen LogP contribution in [0.5, 0.6) is 0 Å². The number of nitrogens with zero attached hydrogens (tertiary/aromatic N) is 4. The lowest BCUT2D eigenvalue weighted by Crippen LogP contribution is -2.43. The van der Waals surface area contributed by atoms with Gasteiger partial charge in [0, 0.05) is 30.5 Å². The van der Waals surface area contributed by atoms with E-state index >= 15 is 0 Å². The Balaban J connectivity index is 1.75. The molecule has 0 spiro atoms. The van der Waals surface area contributed by atoms with E-state index in [2.05, 4.69) is 10.1 Å². The van der Waals surface area contributed by atoms with Crippen molar-refractivity contribution in [3.8, 4) is 5.82 Å². The number of aromatic nitrogens is 3. The predicted octanol–water partition coefficient (Wildman–Crippen LogP) is 3.25. The minimum absolute atomic E-state index is 0.0911. The van der Waals surface area contributed by atoms with Gasteiger partial charge in [-0.3, -0.25) is 9.59 Å². The Labute approximate surface area is 178 Å². The van der Waals surface area contributed by atoms with Crippen LogP contribution in [0.15, 0.2) is 18.3 Å². The normalized spacial score (nSPS) is 17.0. The molecule has 0 saturated carbocycles. The van der Waals surface area contributed by atoms with Crippen molar-refractivity contribution in [2.75, 3.05) is 19.7 Å². The summed E-state index contributed by atoms with van der Waals surface area (Å²) in [6.07, 6.45) is -2.19. The van der Waals surface area contributed by atoms with E-state index in [9.17, 15) is 22.8 Å². The van der Waals surface area contributed by atoms with Gasteiger partial charge in [-0.2, -0.15) is 18.3 Å². The highest BCUT2D eigenvalue weighted by molar-refractivity contribution is 5.81. The molecule has 0 aromatic carbocycles. The molecule has 1 fully saturated rings. The molecule has 0 N–H and O–H groups in total. The van der Waals surface area contributed by atoms with Gasteiger partial charge in [0.1, 0.15) is 0 Å². The van der Waals surface area contributed by atoms with E-state index in [1.54, 1.807) is 25.7 Å². The maximum absolute atomic E-state index is 12.9. The quantitative estimate of drug-likeness (QED) is 0.670. The van der Waals surface area contributed by atoms with Gasteiger partial charge >= 0.3 is 12.1 Å². The highest BCUT2D eigenvalue weighted by Gasteiger charge is 2.32. The summed E-state index contributed by atoms with van der Waals surface area (Å²) in [5.74, 6) is -0.486. The fraction of sp³-hybridized carbons (Fsp3) is 0.524. The molecule has 0 radical (unpaired) electrons. The van der Waals surface area contributed by atoms with Crippen LogP contribution in [0.2, 0.25) is 0 Å². The number of halogens is 3. The number of aryl methyl sites for hydroxylation is 1. The van der Waals surface area contributed by atoms with E-state index in [1.807, 2.05) is 0 Å². The third-order valence-electron chi connectivity index (χ3n) is 5.46. The molecule has 3 rings (SSSR count). The monoisotopic (exact) mass is 438 g/mol. The summed E-state index contributed by atoms with van der Waals surface area (Å²) in [7, 11) is 0. The van der Waals surface area contributed by atoms with Crippen LogP contribution in [0.4, 0.5) is 13.2 Å². The van der Waals surface area contributed by atoms with Crippen LogP contribution in [-0.2, 0) is 26.9 Å². The van der Waals surface area contributed by atoms with E-state index in [0.29, 0.717) is 43.1 Å². The highest BCUT2D eigenvalue weighted by atomic mass is 19.4. The molecule has 1 saturated heterocycles. The molecule has 10 heteroatoms. The molecule has 31 heavy (non-hydrogen) atoms. The van der Waals surface area contributed by atoms with Gasteiger partial charge in [-0.1, -0.05) is 0 Å². The maximum Gasteiger partial charge on any atom is 0.417 e. The minimum Gasteiger partial charge on any atom is -0.466 e. The van der Waals surface area contributed by atoms with E-state index in [1.165, 1.54) is 10.7 Å². The molecule has 1 aliphatic heterocycles. The molecule has 3 heterocycles. The summed E-state index contributed by atoms with van der Waals surface area (Å²) >= 11 is 0. The molecule has 0 aliphatic carbocycles. The topological polar surface area (TPSA) is 77.3 Å². The SMILES string of the molecule is CCOC(=O)[C@@H]1CCCN(C(=O)Cc2c(C)nn(-c3ccc(C(F)(F)F)cn3)c2C)C1. The molecule has 7 nitrogen and oxygen atoms in total. The number of piperidine rings is 1. The fourth-order valence-electron chi connectivity index (χ4n) is 3.75. The summed E-state index contributed by atoms with van der Waals surface area (Å²) in [5.41, 5.74) is 1.10. The lowest BCUT2D eigenvalue weighted by molar-refractivity contribution is -0.151. The van der Waals surface area contributed by atoms with Gasteiger partial charge in [-0.05, 0) is 45.7 Å². The number of carbonyl (C=O) groups is 2. The molecule has 0 bridgehead atoms. The Morgan fingerprint density at radius 3 is 2.61 bits per heavy atom. The van der Waals surface area contributed by atoms with Crippen LogP contribution in [0.25, 0.3) is 5.82 Å². The van der Waals surface area contributed by atoms with Crippen molar-refractivity contribution >= 4 is 11.9 Å². The first kappa shape index (κ1) is 22.8. The van der Waals surface area contributed by atoms with Gasteiger partial charge in [-0.25, -0.2) is 9.67 Å². The van der Waals surface area contributed by atoms with Gasteiger partial charge < -0.3 is 9.64 Å². The van der Waals surface area contributed by atoms with Gasteiger partial charge in [0.15, 0.2) is 5.82 Å². The summed E-state index contributed by atoms with van der Waals surface area (Å²) in [6.45, 7) is 6.44. The summed E-state index contributed by atoms with van der Waals surface area (Å²) < 4.78 is 44.9. The number of hydrogen-bond donors (Lipinski definition) is 0. The predicted molar refractivity (Wildman–Crippen MR) is 105 cm³/mol. The number of alkyl halides is 3. The number of hydrogen-bond acceptors (Lipinski definition) is 5. The molecule has 1 atom stereocenters. The second-order valence-corrected chi connectivity index (χ2v) is 7.57. The molecular weight excluding hydrogens is 413 g/mol. The number of carbonyl (C=O) groups excluding carboxylic acids is 2. The lowest BCUT2D eigenvalue weighted by Gasteiger charge is -2.31. The van der Waals surface area contributed by atoms with Crippen LogP contribution in [-0.4, -0.2) is 51.2 Å². The Bertz CT molecular complexity index is 954. The van der Waals surface area contributed by atoms with E-state index in [4.69, 9.17) is 4.74 Å². The fourth-order valence-corrected chi connectivity index (χ4v) is 3.75. The standard InChI is InChI=1S/C21H25F3N4O3/c1-4-31-20(30)15-6-5-9-27(12-15)19(29)10-17-13(2)26-28(14(17)3)18-8-7-16(11-25-18)21(22,23)24/h7-8,11,15H,4-6,9-10,12H2,1-3H3/t15-/m1/s1. The molecule has 2 aromatic rings. The zero-order valence-corrected chi connectivity index (χ0v) is 17.7. The second kappa shape index (κ2) is 9.07. The van der Waals surface area contributed by atoms with Crippen LogP contribution >= 0.6 is 0 Å². The molecule has 1 aliphatic rings.